The fraction of sp³-hybridized carbons (Fsp3) is 0.474. The third-order valence-electron chi connectivity index (χ3n) is 5.43. The van der Waals surface area contributed by atoms with Gasteiger partial charge in [-0.1, -0.05) is 6.07 Å². The summed E-state index contributed by atoms with van der Waals surface area (Å²) in [7, 11) is 0. The number of hydrogen-bond donors (Lipinski definition) is 0. The van der Waals surface area contributed by atoms with Gasteiger partial charge in [0.2, 0.25) is 0 Å². The quantitative estimate of drug-likeness (QED) is 0.855. The number of carbonyl (C=O) groups excluding carboxylic acids is 1. The Labute approximate surface area is 147 Å². The predicted octanol–water partition coefficient (Wildman–Crippen LogP) is 1.86. The van der Waals surface area contributed by atoms with Gasteiger partial charge in [0.15, 0.2) is 0 Å². The highest BCUT2D eigenvalue weighted by atomic mass is 16.2. The van der Waals surface area contributed by atoms with E-state index in [9.17, 15) is 4.79 Å². The maximum atomic E-state index is 12.6. The molecule has 2 aromatic heterocycles. The average Bonchev–Trinajstić information content (AvgIpc) is 2.99. The van der Waals surface area contributed by atoms with E-state index in [0.717, 1.165) is 45.6 Å². The molecule has 0 saturated carbocycles. The Morgan fingerprint density at radius 1 is 1.04 bits per heavy atom. The Morgan fingerprint density at radius 2 is 1.76 bits per heavy atom. The summed E-state index contributed by atoms with van der Waals surface area (Å²) in [4.78, 5) is 29.3. The number of carbonyl (C=O) groups is 1. The van der Waals surface area contributed by atoms with E-state index in [4.69, 9.17) is 0 Å². The van der Waals surface area contributed by atoms with E-state index in [0.29, 0.717) is 17.4 Å². The number of aromatic nitrogens is 3. The summed E-state index contributed by atoms with van der Waals surface area (Å²) in [5, 5.41) is 0. The Kier molecular flexibility index (Phi) is 4.70. The van der Waals surface area contributed by atoms with Crippen LogP contribution >= 0.6 is 0 Å². The molecule has 0 aliphatic carbocycles. The van der Waals surface area contributed by atoms with E-state index < -0.39 is 0 Å². The lowest BCUT2D eigenvalue weighted by Crippen LogP contribution is -2.31. The molecule has 1 amide bonds. The molecule has 2 aliphatic heterocycles. The van der Waals surface area contributed by atoms with Crippen molar-refractivity contribution in [3.63, 3.8) is 0 Å². The predicted molar refractivity (Wildman–Crippen MR) is 93.7 cm³/mol. The first kappa shape index (κ1) is 16.1. The van der Waals surface area contributed by atoms with Crippen LogP contribution in [0.4, 0.5) is 0 Å². The summed E-state index contributed by atoms with van der Waals surface area (Å²) in [5.74, 6) is 1.28. The summed E-state index contributed by atoms with van der Waals surface area (Å²) in [6, 6.07) is 4.14. The lowest BCUT2D eigenvalue weighted by molar-refractivity contribution is 0.0779. The van der Waals surface area contributed by atoms with Crippen molar-refractivity contribution in [3.05, 3.63) is 54.4 Å². The molecule has 2 aliphatic rings. The number of pyridine rings is 1. The Bertz CT molecular complexity index is 692. The van der Waals surface area contributed by atoms with E-state index in [1.54, 1.807) is 12.4 Å². The molecule has 0 N–H and O–H groups in total. The maximum Gasteiger partial charge on any atom is 0.257 e. The van der Waals surface area contributed by atoms with Crippen molar-refractivity contribution in [2.24, 2.45) is 11.8 Å². The monoisotopic (exact) mass is 337 g/mol. The van der Waals surface area contributed by atoms with Crippen molar-refractivity contribution < 1.29 is 4.79 Å². The third kappa shape index (κ3) is 3.69. The minimum Gasteiger partial charge on any atom is -0.338 e. The summed E-state index contributed by atoms with van der Waals surface area (Å²) in [5.41, 5.74) is 1.87. The van der Waals surface area contributed by atoms with Crippen LogP contribution in [0, 0.1) is 11.8 Å². The summed E-state index contributed by atoms with van der Waals surface area (Å²) >= 11 is 0. The van der Waals surface area contributed by atoms with E-state index in [2.05, 4.69) is 25.9 Å². The minimum atomic E-state index is 0.0703. The SMILES string of the molecule is O=C(c1cncnc1)N1C[C@H]2CCN(Cc3cccnc3)CC[C@H]2C1. The van der Waals surface area contributed by atoms with E-state index in [1.807, 2.05) is 23.4 Å². The number of likely N-dealkylation sites (tertiary alicyclic amines) is 2. The van der Waals surface area contributed by atoms with Crippen LogP contribution in [0.25, 0.3) is 0 Å². The zero-order valence-corrected chi connectivity index (χ0v) is 14.3. The molecule has 25 heavy (non-hydrogen) atoms. The van der Waals surface area contributed by atoms with Crippen molar-refractivity contribution in [2.75, 3.05) is 26.2 Å². The third-order valence-corrected chi connectivity index (χ3v) is 5.43. The highest BCUT2D eigenvalue weighted by molar-refractivity contribution is 5.93. The molecule has 6 nitrogen and oxygen atoms in total. The standard InChI is InChI=1S/C19H23N5O/c25-19(18-9-21-14-22-10-18)24-12-16-3-6-23(7-4-17(16)13-24)11-15-2-1-5-20-8-15/h1-2,5,8-10,14,16-17H,3-4,6-7,11-13H2/t16-,17+. The second-order valence-corrected chi connectivity index (χ2v) is 7.07. The molecule has 4 rings (SSSR count). The fourth-order valence-electron chi connectivity index (χ4n) is 4.07. The van der Waals surface area contributed by atoms with Crippen molar-refractivity contribution >= 4 is 5.91 Å². The van der Waals surface area contributed by atoms with Crippen LogP contribution in [0.1, 0.15) is 28.8 Å². The second-order valence-electron chi connectivity index (χ2n) is 7.07. The molecule has 2 saturated heterocycles. The first-order valence-electron chi connectivity index (χ1n) is 8.95. The zero-order valence-electron chi connectivity index (χ0n) is 14.3. The van der Waals surface area contributed by atoms with Crippen LogP contribution in [0.2, 0.25) is 0 Å². The largest absolute Gasteiger partial charge is 0.338 e. The molecule has 2 fully saturated rings. The van der Waals surface area contributed by atoms with Crippen LogP contribution in [0.15, 0.2) is 43.2 Å². The number of amides is 1. The minimum absolute atomic E-state index is 0.0703. The number of nitrogens with zero attached hydrogens (tertiary/aromatic N) is 5. The van der Waals surface area contributed by atoms with Gasteiger partial charge in [-0.25, -0.2) is 9.97 Å². The van der Waals surface area contributed by atoms with Crippen molar-refractivity contribution in [1.82, 2.24) is 24.8 Å². The summed E-state index contributed by atoms with van der Waals surface area (Å²) in [6.45, 7) is 4.87. The summed E-state index contributed by atoms with van der Waals surface area (Å²) < 4.78 is 0. The van der Waals surface area contributed by atoms with Gasteiger partial charge in [-0.2, -0.15) is 0 Å². The number of rotatable bonds is 3. The molecular formula is C19H23N5O. The molecule has 0 unspecified atom stereocenters. The van der Waals surface area contributed by atoms with E-state index >= 15 is 0 Å². The molecule has 2 aromatic rings. The first-order valence-corrected chi connectivity index (χ1v) is 8.95. The second kappa shape index (κ2) is 7.27. The lowest BCUT2D eigenvalue weighted by Gasteiger charge is -2.22. The highest BCUT2D eigenvalue weighted by Gasteiger charge is 2.37. The topological polar surface area (TPSA) is 62.2 Å². The molecule has 130 valence electrons. The molecule has 4 heterocycles. The first-order chi connectivity index (χ1) is 12.3. The molecule has 0 aromatic carbocycles. The van der Waals surface area contributed by atoms with Gasteiger partial charge in [0.25, 0.3) is 5.91 Å². The molecule has 0 spiro atoms. The van der Waals surface area contributed by atoms with Crippen LogP contribution in [-0.4, -0.2) is 56.8 Å². The van der Waals surface area contributed by atoms with Gasteiger partial charge in [0.1, 0.15) is 6.33 Å². The normalized spacial score (nSPS) is 23.9. The van der Waals surface area contributed by atoms with Gasteiger partial charge in [-0.3, -0.25) is 14.7 Å². The average molecular weight is 337 g/mol. The van der Waals surface area contributed by atoms with E-state index in [-0.39, 0.29) is 5.91 Å². The van der Waals surface area contributed by atoms with Gasteiger partial charge in [0.05, 0.1) is 5.56 Å². The number of hydrogen-bond acceptors (Lipinski definition) is 5. The van der Waals surface area contributed by atoms with Crippen LogP contribution in [0.3, 0.4) is 0 Å². The van der Waals surface area contributed by atoms with Crippen molar-refractivity contribution in [3.8, 4) is 0 Å². The van der Waals surface area contributed by atoms with Gasteiger partial charge < -0.3 is 4.90 Å². The smallest absolute Gasteiger partial charge is 0.257 e. The lowest BCUT2D eigenvalue weighted by atomic mass is 9.92. The van der Waals surface area contributed by atoms with Crippen molar-refractivity contribution in [1.29, 1.82) is 0 Å². The van der Waals surface area contributed by atoms with Crippen LogP contribution in [-0.2, 0) is 6.54 Å². The van der Waals surface area contributed by atoms with Gasteiger partial charge in [-0.15, -0.1) is 0 Å². The molecule has 2 atom stereocenters. The van der Waals surface area contributed by atoms with E-state index in [1.165, 1.54) is 11.9 Å². The Balaban J connectivity index is 1.35. The molecule has 0 radical (unpaired) electrons. The molecule has 0 bridgehead atoms. The number of fused-ring (bicyclic) bond motifs is 1. The highest BCUT2D eigenvalue weighted by Crippen LogP contribution is 2.32. The fourth-order valence-corrected chi connectivity index (χ4v) is 4.07. The Hall–Kier alpha value is -2.34. The maximum absolute atomic E-state index is 12.6. The van der Waals surface area contributed by atoms with Gasteiger partial charge >= 0.3 is 0 Å². The molecular weight excluding hydrogens is 314 g/mol. The Morgan fingerprint density at radius 3 is 2.40 bits per heavy atom. The zero-order chi connectivity index (χ0) is 17.1. The van der Waals surface area contributed by atoms with Crippen LogP contribution < -0.4 is 0 Å². The summed E-state index contributed by atoms with van der Waals surface area (Å²) in [6.07, 6.45) is 10.8. The van der Waals surface area contributed by atoms with Gasteiger partial charge in [0, 0.05) is 44.4 Å². The van der Waals surface area contributed by atoms with Crippen molar-refractivity contribution in [2.45, 2.75) is 19.4 Å². The van der Waals surface area contributed by atoms with Crippen LogP contribution in [0.5, 0.6) is 0 Å². The van der Waals surface area contributed by atoms with Gasteiger partial charge in [-0.05, 0) is 49.4 Å². The molecule has 6 heteroatoms.